The van der Waals surface area contributed by atoms with E-state index in [0.29, 0.717) is 28.0 Å². The minimum atomic E-state index is -4.52. The first-order valence-corrected chi connectivity index (χ1v) is 13.1. The molecule has 43 heavy (non-hydrogen) atoms. The number of anilines is 1. The normalized spacial score (nSPS) is 15.2. The van der Waals surface area contributed by atoms with Crippen LogP contribution >= 0.6 is 0 Å². The molecule has 0 radical (unpaired) electrons. The highest BCUT2D eigenvalue weighted by atomic mass is 19.4. The number of likely N-dealkylation sites (tertiary alicyclic amines) is 1. The summed E-state index contributed by atoms with van der Waals surface area (Å²) in [7, 11) is 0. The van der Waals surface area contributed by atoms with Crippen LogP contribution in [0.3, 0.4) is 0 Å². The number of imidazole rings is 1. The van der Waals surface area contributed by atoms with Gasteiger partial charge >= 0.3 is 18.3 Å². The zero-order valence-corrected chi connectivity index (χ0v) is 23.6. The summed E-state index contributed by atoms with van der Waals surface area (Å²) in [6, 6.07) is 9.37. The lowest BCUT2D eigenvalue weighted by Crippen LogP contribution is -2.63. The van der Waals surface area contributed by atoms with Crippen LogP contribution in [0.4, 0.5) is 28.4 Å². The molecule has 3 heterocycles. The SMILES string of the molecule is CC(C)(C)OC(=O)N1CC(CC#N)(N=CC(=CN)c2cnn3c(-c4cccc(NC(=O)NCC(F)(F)F)c4)cnc3c2)C1. The average Bonchev–Trinajstić information content (AvgIpc) is 3.32. The molecule has 0 saturated carbocycles. The van der Waals surface area contributed by atoms with E-state index in [1.807, 2.05) is 0 Å². The Morgan fingerprint density at radius 2 is 1.98 bits per heavy atom. The average molecular weight is 598 g/mol. The fraction of sp³-hybridized carbons (Fsp3) is 0.357. The van der Waals surface area contributed by atoms with Gasteiger partial charge in [-0.15, -0.1) is 0 Å². The Morgan fingerprint density at radius 1 is 1.23 bits per heavy atom. The number of halogens is 3. The van der Waals surface area contributed by atoms with Gasteiger partial charge in [-0.3, -0.25) is 4.99 Å². The van der Waals surface area contributed by atoms with Gasteiger partial charge in [0.1, 0.15) is 17.7 Å². The van der Waals surface area contributed by atoms with Gasteiger partial charge in [0, 0.05) is 34.8 Å². The molecule has 2 aromatic heterocycles. The van der Waals surface area contributed by atoms with E-state index < -0.39 is 36.0 Å². The molecule has 0 spiro atoms. The number of ether oxygens (including phenoxy) is 1. The van der Waals surface area contributed by atoms with E-state index in [1.54, 1.807) is 73.5 Å². The fourth-order valence-corrected chi connectivity index (χ4v) is 4.27. The third kappa shape index (κ3) is 7.79. The highest BCUT2D eigenvalue weighted by Crippen LogP contribution is 2.31. The molecule has 0 atom stereocenters. The van der Waals surface area contributed by atoms with Gasteiger partial charge in [0.15, 0.2) is 5.65 Å². The van der Waals surface area contributed by atoms with Gasteiger partial charge in [-0.25, -0.2) is 19.1 Å². The van der Waals surface area contributed by atoms with Gasteiger partial charge in [-0.2, -0.15) is 23.5 Å². The molecule has 15 heteroatoms. The lowest BCUT2D eigenvalue weighted by molar-refractivity contribution is -0.122. The van der Waals surface area contributed by atoms with E-state index >= 15 is 0 Å². The Labute approximate surface area is 245 Å². The van der Waals surface area contributed by atoms with Gasteiger partial charge in [0.05, 0.1) is 43.7 Å². The number of nitrogens with zero attached hydrogens (tertiary/aromatic N) is 6. The second-order valence-corrected chi connectivity index (χ2v) is 10.9. The van der Waals surface area contributed by atoms with Crippen LogP contribution in [0.2, 0.25) is 0 Å². The molecule has 1 aliphatic heterocycles. The molecule has 0 unspecified atom stereocenters. The van der Waals surface area contributed by atoms with E-state index in [0.717, 1.165) is 0 Å². The second-order valence-electron chi connectivity index (χ2n) is 10.9. The lowest BCUT2D eigenvalue weighted by atomic mass is 9.87. The molecule has 0 aliphatic carbocycles. The number of allylic oxidation sites excluding steroid dienone is 1. The summed E-state index contributed by atoms with van der Waals surface area (Å²) >= 11 is 0. The molecule has 1 saturated heterocycles. The Balaban J connectivity index is 1.49. The van der Waals surface area contributed by atoms with Crippen molar-refractivity contribution in [2.75, 3.05) is 25.0 Å². The summed E-state index contributed by atoms with van der Waals surface area (Å²) in [5, 5.41) is 18.0. The van der Waals surface area contributed by atoms with Gasteiger partial charge in [0.2, 0.25) is 0 Å². The van der Waals surface area contributed by atoms with Crippen LogP contribution in [0.1, 0.15) is 32.8 Å². The van der Waals surface area contributed by atoms with Crippen molar-refractivity contribution >= 4 is 35.2 Å². The highest BCUT2D eigenvalue weighted by molar-refractivity contribution is 6.10. The Bertz CT molecular complexity index is 1610. The van der Waals surface area contributed by atoms with E-state index in [4.69, 9.17) is 10.5 Å². The molecule has 226 valence electrons. The first-order chi connectivity index (χ1) is 20.2. The molecular formula is C28H30F3N9O3. The van der Waals surface area contributed by atoms with Crippen molar-refractivity contribution in [1.82, 2.24) is 24.8 Å². The second kappa shape index (κ2) is 12.0. The van der Waals surface area contributed by atoms with Crippen molar-refractivity contribution in [1.29, 1.82) is 5.26 Å². The number of aromatic nitrogens is 3. The number of carbonyl (C=O) groups is 2. The maximum atomic E-state index is 12.4. The van der Waals surface area contributed by atoms with Crippen molar-refractivity contribution in [3.8, 4) is 17.3 Å². The number of amides is 3. The summed E-state index contributed by atoms with van der Waals surface area (Å²) in [4.78, 5) is 34.7. The topological polar surface area (TPSA) is 163 Å². The maximum absolute atomic E-state index is 12.4. The number of nitrogens with two attached hydrogens (primary N) is 1. The third-order valence-corrected chi connectivity index (χ3v) is 6.25. The standard InChI is InChI=1S/C28H30F3N9O3/c1-26(2,3)43-25(42)39-16-27(17-39,7-8-32)36-12-20(11-33)19-10-23-34-14-22(40(23)37-13-19)18-5-4-6-21(9-18)38-24(41)35-15-28(29,30)31/h4-6,9-14H,7,15-17,33H2,1-3H3,(H2,35,38,41). The highest BCUT2D eigenvalue weighted by Gasteiger charge is 2.46. The number of fused-ring (bicyclic) bond motifs is 1. The van der Waals surface area contributed by atoms with Crippen molar-refractivity contribution in [2.24, 2.45) is 10.7 Å². The summed E-state index contributed by atoms with van der Waals surface area (Å²) in [5.74, 6) is 0. The molecule has 3 amide bonds. The van der Waals surface area contributed by atoms with Gasteiger partial charge in [0.25, 0.3) is 0 Å². The molecule has 12 nitrogen and oxygen atoms in total. The van der Waals surface area contributed by atoms with E-state index in [-0.39, 0.29) is 25.2 Å². The molecule has 0 bridgehead atoms. The van der Waals surface area contributed by atoms with E-state index in [9.17, 15) is 28.0 Å². The van der Waals surface area contributed by atoms with Crippen LogP contribution in [-0.2, 0) is 4.74 Å². The summed E-state index contributed by atoms with van der Waals surface area (Å²) in [5.41, 5.74) is 7.50. The molecule has 1 fully saturated rings. The number of nitrogens with one attached hydrogen (secondary N) is 2. The van der Waals surface area contributed by atoms with E-state index in [1.165, 1.54) is 17.2 Å². The van der Waals surface area contributed by atoms with Crippen LogP contribution in [0.25, 0.3) is 22.5 Å². The third-order valence-electron chi connectivity index (χ3n) is 6.25. The summed E-state index contributed by atoms with van der Waals surface area (Å²) < 4.78 is 44.1. The number of aliphatic imine (C=N–C) groups is 1. The van der Waals surface area contributed by atoms with Crippen LogP contribution in [0.15, 0.2) is 53.9 Å². The molecule has 4 N–H and O–H groups in total. The zero-order chi connectivity index (χ0) is 31.4. The van der Waals surface area contributed by atoms with Crippen molar-refractivity contribution in [3.05, 3.63) is 54.5 Å². The van der Waals surface area contributed by atoms with Crippen molar-refractivity contribution < 1.29 is 27.5 Å². The summed E-state index contributed by atoms with van der Waals surface area (Å²) in [6.45, 7) is 4.32. The van der Waals surface area contributed by atoms with Crippen LogP contribution in [-0.4, -0.2) is 74.8 Å². The number of rotatable bonds is 7. The van der Waals surface area contributed by atoms with Gasteiger partial charge < -0.3 is 26.0 Å². The number of hydrogen-bond acceptors (Lipinski definition) is 8. The Kier molecular flexibility index (Phi) is 8.60. The van der Waals surface area contributed by atoms with Gasteiger partial charge in [-0.05, 0) is 39.0 Å². The molecule has 4 rings (SSSR count). The van der Waals surface area contributed by atoms with Crippen LogP contribution in [0, 0.1) is 11.3 Å². The van der Waals surface area contributed by atoms with Crippen molar-refractivity contribution in [3.63, 3.8) is 0 Å². The smallest absolute Gasteiger partial charge is 0.410 e. The molecule has 1 aromatic carbocycles. The van der Waals surface area contributed by atoms with Crippen LogP contribution in [0.5, 0.6) is 0 Å². The van der Waals surface area contributed by atoms with Crippen LogP contribution < -0.4 is 16.4 Å². The zero-order valence-electron chi connectivity index (χ0n) is 23.6. The number of benzene rings is 1. The Hall–Kier alpha value is -5.13. The molecular weight excluding hydrogens is 567 g/mol. The van der Waals surface area contributed by atoms with E-state index in [2.05, 4.69) is 26.5 Å². The largest absolute Gasteiger partial charge is 0.444 e. The maximum Gasteiger partial charge on any atom is 0.410 e. The monoisotopic (exact) mass is 597 g/mol. The quantitative estimate of drug-likeness (QED) is 0.341. The predicted molar refractivity (Wildman–Crippen MR) is 153 cm³/mol. The Morgan fingerprint density at radius 3 is 2.63 bits per heavy atom. The van der Waals surface area contributed by atoms with Gasteiger partial charge in [-0.1, -0.05) is 12.1 Å². The summed E-state index contributed by atoms with van der Waals surface area (Å²) in [6.07, 6.45) is 1.12. The lowest BCUT2D eigenvalue weighted by Gasteiger charge is -2.46. The molecule has 3 aromatic rings. The number of carbonyl (C=O) groups excluding carboxylic acids is 2. The molecule has 1 aliphatic rings. The predicted octanol–water partition coefficient (Wildman–Crippen LogP) is 4.35. The first kappa shape index (κ1) is 30.8. The number of urea groups is 1. The minimum absolute atomic E-state index is 0.0967. The number of nitriles is 1. The van der Waals surface area contributed by atoms with Crippen molar-refractivity contribution in [2.45, 2.75) is 44.5 Å². The minimum Gasteiger partial charge on any atom is -0.444 e. The first-order valence-electron chi connectivity index (χ1n) is 13.1. The fourth-order valence-electron chi connectivity index (χ4n) is 4.27. The number of alkyl halides is 3. The number of hydrogen-bond donors (Lipinski definition) is 3.